The monoisotopic (exact) mass is 385 g/mol. The van der Waals surface area contributed by atoms with Crippen LogP contribution in [0.2, 0.25) is 0 Å². The second kappa shape index (κ2) is 6.61. The Balaban J connectivity index is 1.87. The van der Waals surface area contributed by atoms with Gasteiger partial charge in [-0.15, -0.1) is 16.9 Å². The first kappa shape index (κ1) is 18.2. The molecule has 2 aliphatic rings. The molecule has 3 heterocycles. The van der Waals surface area contributed by atoms with Crippen LogP contribution in [0.1, 0.15) is 20.8 Å². The Kier molecular flexibility index (Phi) is 4.82. The summed E-state index contributed by atoms with van der Waals surface area (Å²) in [5.74, 6) is -0.0496. The van der Waals surface area contributed by atoms with E-state index in [4.69, 9.17) is 4.74 Å². The number of aliphatic hydroxyl groups excluding tert-OH is 1. The van der Waals surface area contributed by atoms with Crippen molar-refractivity contribution in [3.63, 3.8) is 0 Å². The van der Waals surface area contributed by atoms with Gasteiger partial charge in [0.1, 0.15) is 16.7 Å². The van der Waals surface area contributed by atoms with Gasteiger partial charge >= 0.3 is 5.97 Å². The van der Waals surface area contributed by atoms with Crippen molar-refractivity contribution in [1.82, 2.24) is 25.1 Å². The van der Waals surface area contributed by atoms with Crippen molar-refractivity contribution in [1.29, 1.82) is 0 Å². The van der Waals surface area contributed by atoms with Gasteiger partial charge in [0, 0.05) is 18.6 Å². The molecule has 0 unspecified atom stereocenters. The third-order valence-electron chi connectivity index (χ3n) is 3.57. The molecule has 0 spiro atoms. The van der Waals surface area contributed by atoms with Crippen LogP contribution < -0.4 is 0 Å². The lowest BCUT2D eigenvalue weighted by molar-refractivity contribution is -0.164. The van der Waals surface area contributed by atoms with Crippen LogP contribution in [-0.4, -0.2) is 70.7 Å². The van der Waals surface area contributed by atoms with Gasteiger partial charge in [0.25, 0.3) is 5.91 Å². The second-order valence-corrected chi connectivity index (χ2v) is 8.73. The zero-order chi connectivity index (χ0) is 18.4. The van der Waals surface area contributed by atoms with E-state index in [1.807, 2.05) is 0 Å². The molecule has 1 saturated heterocycles. The number of thioether (sulfide) groups is 2. The molecule has 0 aliphatic carbocycles. The summed E-state index contributed by atoms with van der Waals surface area (Å²) in [6, 6.07) is 0. The molecule has 1 aromatic rings. The van der Waals surface area contributed by atoms with Crippen LogP contribution in [0.3, 0.4) is 0 Å². The summed E-state index contributed by atoms with van der Waals surface area (Å²) in [6.07, 6.45) is -1.07. The minimum absolute atomic E-state index is 0.233. The van der Waals surface area contributed by atoms with E-state index >= 15 is 0 Å². The van der Waals surface area contributed by atoms with Gasteiger partial charge in [-0.05, 0) is 36.8 Å². The minimum atomic E-state index is -1.07. The molecular weight excluding hydrogens is 366 g/mol. The smallest absolute Gasteiger partial charge is 0.355 e. The maximum atomic E-state index is 12.7. The van der Waals surface area contributed by atoms with E-state index in [0.29, 0.717) is 16.7 Å². The van der Waals surface area contributed by atoms with Crippen LogP contribution in [0.15, 0.2) is 16.4 Å². The summed E-state index contributed by atoms with van der Waals surface area (Å²) in [4.78, 5) is 26.1. The Bertz CT molecular complexity index is 742. The van der Waals surface area contributed by atoms with Crippen molar-refractivity contribution in [3.05, 3.63) is 11.3 Å². The van der Waals surface area contributed by atoms with E-state index in [1.54, 1.807) is 27.8 Å². The van der Waals surface area contributed by atoms with E-state index in [2.05, 4.69) is 15.5 Å². The fourth-order valence-electron chi connectivity index (χ4n) is 2.45. The number of aliphatic hydroxyl groups is 1. The predicted octanol–water partition coefficient (Wildman–Crippen LogP) is 0.174. The quantitative estimate of drug-likeness (QED) is 0.440. The molecule has 11 heteroatoms. The molecule has 25 heavy (non-hydrogen) atoms. The number of carbonyl (C=O) groups is 2. The van der Waals surface area contributed by atoms with E-state index in [-0.39, 0.29) is 5.70 Å². The Labute approximate surface area is 153 Å². The summed E-state index contributed by atoms with van der Waals surface area (Å²) in [6.45, 7) is 5.31. The number of hydrogen-bond donors (Lipinski definition) is 1. The average molecular weight is 385 g/mol. The number of aromatic nitrogens is 4. The zero-order valence-electron chi connectivity index (χ0n) is 14.3. The van der Waals surface area contributed by atoms with Gasteiger partial charge in [0.15, 0.2) is 6.10 Å². The number of carbonyl (C=O) groups excluding carboxylic acids is 2. The summed E-state index contributed by atoms with van der Waals surface area (Å²) in [5.41, 5.74) is 0.322. The topological polar surface area (TPSA) is 110 Å². The first-order valence-corrected chi connectivity index (χ1v) is 9.66. The molecule has 136 valence electrons. The van der Waals surface area contributed by atoms with Crippen LogP contribution in [-0.2, 0) is 21.4 Å². The van der Waals surface area contributed by atoms with E-state index < -0.39 is 29.0 Å². The van der Waals surface area contributed by atoms with Gasteiger partial charge in [0.05, 0.1) is 0 Å². The molecular formula is C14H19N5O4S2. The van der Waals surface area contributed by atoms with Gasteiger partial charge in [-0.1, -0.05) is 11.8 Å². The number of nitrogens with zero attached hydrogens (tertiary/aromatic N) is 5. The second-order valence-electron chi connectivity index (χ2n) is 6.68. The molecule has 0 aromatic carbocycles. The summed E-state index contributed by atoms with van der Waals surface area (Å²) in [7, 11) is 1.73. The molecule has 1 aromatic heterocycles. The minimum Gasteiger partial charge on any atom is -0.455 e. The van der Waals surface area contributed by atoms with Gasteiger partial charge in [-0.2, -0.15) is 0 Å². The number of amides is 1. The van der Waals surface area contributed by atoms with Gasteiger partial charge < -0.3 is 9.84 Å². The van der Waals surface area contributed by atoms with Crippen LogP contribution >= 0.6 is 23.5 Å². The highest BCUT2D eigenvalue weighted by Crippen LogP contribution is 2.41. The molecule has 1 fully saturated rings. The summed E-state index contributed by atoms with van der Waals surface area (Å²) < 4.78 is 7.01. The van der Waals surface area contributed by atoms with Gasteiger partial charge in [-0.25, -0.2) is 9.48 Å². The third-order valence-corrected chi connectivity index (χ3v) is 5.99. The normalized spacial score (nSPS) is 23.4. The lowest BCUT2D eigenvalue weighted by Crippen LogP contribution is -2.65. The maximum Gasteiger partial charge on any atom is 0.355 e. The van der Waals surface area contributed by atoms with Gasteiger partial charge in [-0.3, -0.25) is 9.69 Å². The number of fused-ring (bicyclic) bond motifs is 1. The Morgan fingerprint density at radius 3 is 2.80 bits per heavy atom. The molecule has 0 radical (unpaired) electrons. The first-order valence-electron chi connectivity index (χ1n) is 7.62. The van der Waals surface area contributed by atoms with E-state index in [1.165, 1.54) is 33.1 Å². The molecule has 2 aliphatic heterocycles. The van der Waals surface area contributed by atoms with Crippen LogP contribution in [0.5, 0.6) is 0 Å². The number of β-lactam (4-membered cyclic amide) rings is 1. The number of esters is 1. The van der Waals surface area contributed by atoms with Crippen LogP contribution in [0, 0.1) is 0 Å². The molecule has 1 N–H and O–H groups in total. The van der Waals surface area contributed by atoms with Crippen molar-refractivity contribution in [3.8, 4) is 0 Å². The molecule has 0 bridgehead atoms. The summed E-state index contributed by atoms with van der Waals surface area (Å²) >= 11 is 2.81. The van der Waals surface area contributed by atoms with Crippen molar-refractivity contribution < 1.29 is 19.4 Å². The molecule has 2 atom stereocenters. The number of aryl methyl sites for hydroxylation is 1. The highest BCUT2D eigenvalue weighted by Gasteiger charge is 2.53. The lowest BCUT2D eigenvalue weighted by atomic mass is 10.1. The fraction of sp³-hybridized carbons (Fsp3) is 0.643. The number of hydrogen-bond acceptors (Lipinski definition) is 9. The first-order chi connectivity index (χ1) is 11.7. The van der Waals surface area contributed by atoms with Crippen molar-refractivity contribution in [2.75, 3.05) is 11.5 Å². The predicted molar refractivity (Wildman–Crippen MR) is 91.5 cm³/mol. The molecule has 0 saturated carbocycles. The highest BCUT2D eigenvalue weighted by molar-refractivity contribution is 8.01. The van der Waals surface area contributed by atoms with Crippen LogP contribution in [0.4, 0.5) is 0 Å². The largest absolute Gasteiger partial charge is 0.455 e. The molecule has 3 rings (SSSR count). The van der Waals surface area contributed by atoms with E-state index in [9.17, 15) is 14.7 Å². The lowest BCUT2D eigenvalue weighted by Gasteiger charge is -2.47. The van der Waals surface area contributed by atoms with Gasteiger partial charge in [0.2, 0.25) is 5.16 Å². The molecule has 9 nitrogen and oxygen atoms in total. The standard InChI is InChI=1S/C14H19N5O4S2/c1-14(2,3)23-12(22)8-7(6-25-13-15-16-17-18(13)4)5-24-11-9(20)10(21)19(8)11/h9,11,20H,5-6H2,1-4H3/t9-,11-/m1/s1. The number of ether oxygens (including phenoxy) is 1. The number of tetrazole rings is 1. The SMILES string of the molecule is Cn1nnnc1SCC1=C(C(=O)OC(C)(C)C)N2C(=O)[C@@H](O)[C@H]2SC1. The van der Waals surface area contributed by atoms with E-state index in [0.717, 1.165) is 5.57 Å². The Morgan fingerprint density at radius 1 is 1.48 bits per heavy atom. The Hall–Kier alpha value is -1.59. The summed E-state index contributed by atoms with van der Waals surface area (Å²) in [5, 5.41) is 21.3. The van der Waals surface area contributed by atoms with Crippen molar-refractivity contribution >= 4 is 35.4 Å². The van der Waals surface area contributed by atoms with Crippen LogP contribution in [0.25, 0.3) is 0 Å². The average Bonchev–Trinajstić information content (AvgIpc) is 2.94. The number of rotatable bonds is 4. The Morgan fingerprint density at radius 2 is 2.20 bits per heavy atom. The zero-order valence-corrected chi connectivity index (χ0v) is 15.9. The fourth-order valence-corrected chi connectivity index (χ4v) is 4.71. The van der Waals surface area contributed by atoms with Crippen molar-refractivity contribution in [2.24, 2.45) is 7.05 Å². The third kappa shape index (κ3) is 3.53. The maximum absolute atomic E-state index is 12.7. The van der Waals surface area contributed by atoms with Crippen molar-refractivity contribution in [2.45, 2.75) is 43.0 Å². The highest BCUT2D eigenvalue weighted by atomic mass is 32.2. The molecule has 1 amide bonds.